The van der Waals surface area contributed by atoms with Gasteiger partial charge in [-0.15, -0.1) is 0 Å². The molecule has 0 aliphatic carbocycles. The lowest BCUT2D eigenvalue weighted by Crippen LogP contribution is -2.30. The predicted molar refractivity (Wildman–Crippen MR) is 102 cm³/mol. The van der Waals surface area contributed by atoms with Crippen molar-refractivity contribution in [1.29, 1.82) is 0 Å². The van der Waals surface area contributed by atoms with E-state index < -0.39 is 10.0 Å². The maximum Gasteiger partial charge on any atom is 0.266 e. The van der Waals surface area contributed by atoms with E-state index in [9.17, 15) is 8.42 Å². The van der Waals surface area contributed by atoms with E-state index in [0.29, 0.717) is 5.69 Å². The minimum Gasteiger partial charge on any atom is -0.262 e. The summed E-state index contributed by atoms with van der Waals surface area (Å²) in [5.41, 5.74) is 2.60. The van der Waals surface area contributed by atoms with Gasteiger partial charge in [0.25, 0.3) is 10.0 Å². The van der Waals surface area contributed by atoms with Crippen molar-refractivity contribution in [3.8, 4) is 0 Å². The van der Waals surface area contributed by atoms with Crippen LogP contribution in [0.1, 0.15) is 11.1 Å². The zero-order valence-electron chi connectivity index (χ0n) is 13.8. The lowest BCUT2D eigenvalue weighted by atomic mass is 10.1. The number of anilines is 1. The summed E-state index contributed by atoms with van der Waals surface area (Å²) >= 11 is 6.16. The minimum absolute atomic E-state index is 0.105. The number of benzene rings is 3. The number of rotatable bonds is 5. The smallest absolute Gasteiger partial charge is 0.262 e. The largest absolute Gasteiger partial charge is 0.266 e. The van der Waals surface area contributed by atoms with Crippen molar-refractivity contribution in [3.05, 3.63) is 95.0 Å². The van der Waals surface area contributed by atoms with E-state index in [2.05, 4.69) is 0 Å². The van der Waals surface area contributed by atoms with Crippen LogP contribution in [0.25, 0.3) is 0 Å². The van der Waals surface area contributed by atoms with Crippen LogP contribution in [-0.2, 0) is 16.6 Å². The van der Waals surface area contributed by atoms with Crippen molar-refractivity contribution in [3.63, 3.8) is 0 Å². The second-order valence-corrected chi connectivity index (χ2v) is 8.00. The van der Waals surface area contributed by atoms with Gasteiger partial charge in [0, 0.05) is 0 Å². The highest BCUT2D eigenvalue weighted by molar-refractivity contribution is 7.93. The highest BCUT2D eigenvalue weighted by Gasteiger charge is 2.27. The first-order valence-corrected chi connectivity index (χ1v) is 9.68. The summed E-state index contributed by atoms with van der Waals surface area (Å²) < 4.78 is 28.0. The topological polar surface area (TPSA) is 37.4 Å². The second kappa shape index (κ2) is 7.30. The summed E-state index contributed by atoms with van der Waals surface area (Å²) in [5, 5.41) is 0.215. The molecule has 0 unspecified atom stereocenters. The average Bonchev–Trinajstić information content (AvgIpc) is 2.60. The minimum atomic E-state index is -3.79. The summed E-state index contributed by atoms with van der Waals surface area (Å²) in [6, 6.07) is 23.4. The number of halogens is 1. The van der Waals surface area contributed by atoms with Gasteiger partial charge in [0.15, 0.2) is 0 Å². The molecule has 0 aliphatic rings. The van der Waals surface area contributed by atoms with E-state index >= 15 is 0 Å². The van der Waals surface area contributed by atoms with Gasteiger partial charge in [-0.2, -0.15) is 0 Å². The Morgan fingerprint density at radius 3 is 2.24 bits per heavy atom. The molecular weight excluding hydrogens is 354 g/mol. The monoisotopic (exact) mass is 371 g/mol. The molecule has 0 N–H and O–H groups in total. The van der Waals surface area contributed by atoms with Crippen LogP contribution in [0.15, 0.2) is 83.8 Å². The molecule has 0 aliphatic heterocycles. The summed E-state index contributed by atoms with van der Waals surface area (Å²) in [7, 11) is -3.79. The molecule has 128 valence electrons. The van der Waals surface area contributed by atoms with Gasteiger partial charge >= 0.3 is 0 Å². The number of para-hydroxylation sites is 1. The van der Waals surface area contributed by atoms with Gasteiger partial charge in [0.1, 0.15) is 4.90 Å². The van der Waals surface area contributed by atoms with Gasteiger partial charge in [0.2, 0.25) is 0 Å². The SMILES string of the molecule is Cc1cccc(CN(c2ccccc2)S(=O)(=O)c2ccccc2Cl)c1. The number of aryl methyl sites for hydroxylation is 1. The van der Waals surface area contributed by atoms with Crippen molar-refractivity contribution in [2.75, 3.05) is 4.31 Å². The van der Waals surface area contributed by atoms with Crippen molar-refractivity contribution in [2.45, 2.75) is 18.4 Å². The van der Waals surface area contributed by atoms with E-state index in [0.717, 1.165) is 11.1 Å². The van der Waals surface area contributed by atoms with Gasteiger partial charge < -0.3 is 0 Å². The highest BCUT2D eigenvalue weighted by Crippen LogP contribution is 2.29. The van der Waals surface area contributed by atoms with Crippen LogP contribution in [0.2, 0.25) is 5.02 Å². The zero-order valence-corrected chi connectivity index (χ0v) is 15.3. The Balaban J connectivity index is 2.10. The molecule has 5 heteroatoms. The number of nitrogens with zero attached hydrogens (tertiary/aromatic N) is 1. The molecule has 0 saturated carbocycles. The summed E-state index contributed by atoms with van der Waals surface area (Å²) in [6.45, 7) is 2.22. The van der Waals surface area contributed by atoms with Crippen LogP contribution in [-0.4, -0.2) is 8.42 Å². The summed E-state index contributed by atoms with van der Waals surface area (Å²) in [5.74, 6) is 0. The van der Waals surface area contributed by atoms with Gasteiger partial charge in [-0.25, -0.2) is 8.42 Å². The molecule has 0 atom stereocenters. The lowest BCUT2D eigenvalue weighted by Gasteiger charge is -2.25. The molecule has 25 heavy (non-hydrogen) atoms. The normalized spacial score (nSPS) is 11.3. The zero-order chi connectivity index (χ0) is 17.9. The first-order valence-electron chi connectivity index (χ1n) is 7.86. The quantitative estimate of drug-likeness (QED) is 0.629. The average molecular weight is 372 g/mol. The second-order valence-electron chi connectivity index (χ2n) is 5.77. The summed E-state index contributed by atoms with van der Waals surface area (Å²) in [6.07, 6.45) is 0. The molecule has 0 heterocycles. The van der Waals surface area contributed by atoms with Crippen LogP contribution in [0.3, 0.4) is 0 Å². The van der Waals surface area contributed by atoms with Crippen LogP contribution in [0.5, 0.6) is 0 Å². The Morgan fingerprint density at radius 1 is 0.880 bits per heavy atom. The molecule has 3 aromatic rings. The Hall–Kier alpha value is -2.30. The predicted octanol–water partition coefficient (Wildman–Crippen LogP) is 5.04. The van der Waals surface area contributed by atoms with Gasteiger partial charge in [-0.05, 0) is 36.8 Å². The number of hydrogen-bond donors (Lipinski definition) is 0. The third-order valence-corrected chi connectivity index (χ3v) is 6.13. The standard InChI is InChI=1S/C20H18ClNO2S/c1-16-8-7-9-17(14-16)15-22(18-10-3-2-4-11-18)25(23,24)20-13-6-5-12-19(20)21/h2-14H,15H2,1H3. The Labute approximate surface area is 153 Å². The maximum atomic E-state index is 13.3. The number of sulfonamides is 1. The fourth-order valence-electron chi connectivity index (χ4n) is 2.66. The molecule has 0 fully saturated rings. The third kappa shape index (κ3) is 3.86. The van der Waals surface area contributed by atoms with Crippen LogP contribution in [0, 0.1) is 6.92 Å². The van der Waals surface area contributed by atoms with Crippen molar-refractivity contribution in [1.82, 2.24) is 0 Å². The lowest BCUT2D eigenvalue weighted by molar-refractivity contribution is 0.590. The molecule has 0 bridgehead atoms. The van der Waals surface area contributed by atoms with Gasteiger partial charge in [-0.3, -0.25) is 4.31 Å². The summed E-state index contributed by atoms with van der Waals surface area (Å²) in [4.78, 5) is 0.105. The Kier molecular flexibility index (Phi) is 5.11. The van der Waals surface area contributed by atoms with Crippen molar-refractivity contribution >= 4 is 27.3 Å². The molecule has 0 saturated heterocycles. The van der Waals surface area contributed by atoms with Crippen LogP contribution in [0.4, 0.5) is 5.69 Å². The molecule has 0 radical (unpaired) electrons. The third-order valence-electron chi connectivity index (χ3n) is 3.86. The highest BCUT2D eigenvalue weighted by atomic mass is 35.5. The Bertz CT molecular complexity index is 972. The number of hydrogen-bond acceptors (Lipinski definition) is 2. The van der Waals surface area contributed by atoms with E-state index in [1.54, 1.807) is 30.3 Å². The van der Waals surface area contributed by atoms with E-state index in [1.165, 1.54) is 10.4 Å². The van der Waals surface area contributed by atoms with Crippen LogP contribution >= 0.6 is 11.6 Å². The van der Waals surface area contributed by atoms with Crippen molar-refractivity contribution in [2.24, 2.45) is 0 Å². The Morgan fingerprint density at radius 2 is 1.56 bits per heavy atom. The van der Waals surface area contributed by atoms with Gasteiger partial charge in [0.05, 0.1) is 17.3 Å². The van der Waals surface area contributed by atoms with Crippen molar-refractivity contribution < 1.29 is 8.42 Å². The van der Waals surface area contributed by atoms with E-state index in [-0.39, 0.29) is 16.5 Å². The fraction of sp³-hybridized carbons (Fsp3) is 0.100. The molecule has 0 spiro atoms. The fourth-order valence-corrected chi connectivity index (χ4v) is 4.61. The van der Waals surface area contributed by atoms with E-state index in [1.807, 2.05) is 49.4 Å². The van der Waals surface area contributed by atoms with Crippen LogP contribution < -0.4 is 4.31 Å². The maximum absolute atomic E-state index is 13.3. The molecule has 0 amide bonds. The van der Waals surface area contributed by atoms with E-state index in [4.69, 9.17) is 11.6 Å². The first kappa shape index (κ1) is 17.5. The molecule has 0 aromatic heterocycles. The van der Waals surface area contributed by atoms with Gasteiger partial charge in [-0.1, -0.05) is 71.8 Å². The molecule has 3 aromatic carbocycles. The molecule has 3 rings (SSSR count). The molecular formula is C20H18ClNO2S. The first-order chi connectivity index (χ1) is 12.0. The molecule has 3 nitrogen and oxygen atoms in total.